The first-order valence-corrected chi connectivity index (χ1v) is 12.8. The molecular weight excluding hydrogens is 468 g/mol. The van der Waals surface area contributed by atoms with Crippen molar-refractivity contribution in [2.75, 3.05) is 5.75 Å². The molecule has 0 spiro atoms. The number of esters is 2. The number of hydrogen-bond acceptors (Lipinski definition) is 9. The van der Waals surface area contributed by atoms with Gasteiger partial charge in [-0.05, 0) is 32.6 Å². The Bertz CT molecular complexity index is 695. The molecule has 1 saturated heterocycles. The molecule has 1 aliphatic heterocycles. The van der Waals surface area contributed by atoms with Gasteiger partial charge in [0.1, 0.15) is 5.25 Å². The van der Waals surface area contributed by atoms with E-state index in [1.54, 1.807) is 6.92 Å². The number of ether oxygens (including phenoxy) is 2. The summed E-state index contributed by atoms with van der Waals surface area (Å²) in [6.07, 6.45) is 2.96. The van der Waals surface area contributed by atoms with E-state index in [-0.39, 0.29) is 31.1 Å². The first kappa shape index (κ1) is 29.9. The number of aliphatic carboxylic acids is 2. The van der Waals surface area contributed by atoms with Crippen molar-refractivity contribution in [3.63, 3.8) is 0 Å². The Morgan fingerprint density at radius 2 is 1.59 bits per heavy atom. The number of hydrogen-bond donors (Lipinski definition) is 3. The number of ketones is 1. The Balaban J connectivity index is 2.97. The second-order valence-corrected chi connectivity index (χ2v) is 9.75. The number of carboxylic acids is 2. The largest absolute Gasteiger partial charge is 0.481 e. The number of rotatable bonds is 8. The van der Waals surface area contributed by atoms with Crippen LogP contribution < -0.4 is 0 Å². The van der Waals surface area contributed by atoms with E-state index in [1.165, 1.54) is 0 Å². The average Bonchev–Trinajstić information content (AvgIpc) is 2.77. The summed E-state index contributed by atoms with van der Waals surface area (Å²) in [7, 11) is 0. The molecule has 0 bridgehead atoms. The minimum absolute atomic E-state index is 0.248. The molecule has 34 heavy (non-hydrogen) atoms. The van der Waals surface area contributed by atoms with Crippen LogP contribution in [0.2, 0.25) is 0 Å². The van der Waals surface area contributed by atoms with E-state index in [0.717, 1.165) is 50.3 Å². The lowest BCUT2D eigenvalue weighted by Gasteiger charge is -2.22. The van der Waals surface area contributed by atoms with Crippen LogP contribution >= 0.6 is 11.8 Å². The highest BCUT2D eigenvalue weighted by Gasteiger charge is 2.32. The van der Waals surface area contributed by atoms with Gasteiger partial charge >= 0.3 is 23.9 Å². The Hall–Kier alpha value is -2.14. The molecule has 0 aliphatic carbocycles. The van der Waals surface area contributed by atoms with Crippen molar-refractivity contribution >= 4 is 41.4 Å². The number of carboxylic acid groups (broad SMARTS) is 2. The number of carbonyl (C=O) groups excluding carboxylic acids is 3. The first-order valence-electron chi connectivity index (χ1n) is 11.8. The van der Waals surface area contributed by atoms with Gasteiger partial charge in [-0.15, -0.1) is 11.8 Å². The SMILES string of the molecule is C[C@@H]1CCCCCCCCCC(OC(=O)CCC(=O)O)C(=O)CC(SC[C@@H](O)C(=O)O)C(=O)O1. The molecule has 1 rings (SSSR count). The molecule has 1 aliphatic rings. The third-order valence-electron chi connectivity index (χ3n) is 5.46. The van der Waals surface area contributed by atoms with Gasteiger partial charge in [-0.3, -0.25) is 19.2 Å². The molecule has 0 saturated carbocycles. The second-order valence-electron chi connectivity index (χ2n) is 8.52. The molecule has 4 atom stereocenters. The van der Waals surface area contributed by atoms with Crippen LogP contribution in [-0.4, -0.2) is 74.3 Å². The van der Waals surface area contributed by atoms with Gasteiger partial charge in [0.25, 0.3) is 0 Å². The van der Waals surface area contributed by atoms with Crippen LogP contribution in [0.3, 0.4) is 0 Å². The van der Waals surface area contributed by atoms with Crippen molar-refractivity contribution in [3.05, 3.63) is 0 Å². The Morgan fingerprint density at radius 3 is 2.18 bits per heavy atom. The highest BCUT2D eigenvalue weighted by Crippen LogP contribution is 2.23. The Morgan fingerprint density at radius 1 is 1.00 bits per heavy atom. The maximum absolute atomic E-state index is 13.0. The standard InChI is InChI=1S/C23H36O10S/c1-15-9-7-5-3-2-4-6-8-10-18(33-21(28)12-11-20(26)27)16(24)13-19(23(31)32-15)34-14-17(25)22(29)30/h15,17-19,25H,2-14H2,1H3,(H,26,27)(H,29,30)/t15-,17-,18?,19?/m1/s1. The third kappa shape index (κ3) is 12.9. The lowest BCUT2D eigenvalue weighted by Crippen LogP contribution is -2.34. The highest BCUT2D eigenvalue weighted by molar-refractivity contribution is 8.00. The van der Waals surface area contributed by atoms with Crippen LogP contribution in [0.5, 0.6) is 0 Å². The van der Waals surface area contributed by atoms with E-state index < -0.39 is 53.5 Å². The number of cyclic esters (lactones) is 1. The van der Waals surface area contributed by atoms with E-state index >= 15 is 0 Å². The number of Topliss-reactive ketones (excluding diaryl/α,β-unsaturated/α-hetero) is 1. The summed E-state index contributed by atoms with van der Waals surface area (Å²) in [5.74, 6) is -4.95. The van der Waals surface area contributed by atoms with Gasteiger partial charge in [-0.1, -0.05) is 32.1 Å². The highest BCUT2D eigenvalue weighted by atomic mass is 32.2. The van der Waals surface area contributed by atoms with Crippen molar-refractivity contribution in [1.29, 1.82) is 0 Å². The minimum atomic E-state index is -1.71. The molecule has 3 N–H and O–H groups in total. The van der Waals surface area contributed by atoms with Crippen molar-refractivity contribution in [2.45, 2.75) is 108 Å². The Kier molecular flexibility index (Phi) is 14.5. The maximum Gasteiger partial charge on any atom is 0.333 e. The number of carbonyl (C=O) groups is 5. The normalized spacial score (nSPS) is 24.6. The molecule has 10 nitrogen and oxygen atoms in total. The number of thioether (sulfide) groups is 1. The predicted molar refractivity (Wildman–Crippen MR) is 123 cm³/mol. The van der Waals surface area contributed by atoms with E-state index in [9.17, 15) is 29.1 Å². The van der Waals surface area contributed by atoms with Crippen molar-refractivity contribution in [1.82, 2.24) is 0 Å². The summed E-state index contributed by atoms with van der Waals surface area (Å²) >= 11 is 0.806. The number of aliphatic hydroxyl groups is 1. The van der Waals surface area contributed by atoms with Crippen molar-refractivity contribution < 1.29 is 48.8 Å². The predicted octanol–water partition coefficient (Wildman–Crippen LogP) is 2.73. The summed E-state index contributed by atoms with van der Waals surface area (Å²) < 4.78 is 10.7. The lowest BCUT2D eigenvalue weighted by atomic mass is 10.0. The molecule has 2 unspecified atom stereocenters. The molecule has 0 aromatic rings. The van der Waals surface area contributed by atoms with Gasteiger partial charge in [0.2, 0.25) is 0 Å². The molecule has 11 heteroatoms. The summed E-state index contributed by atoms with van der Waals surface area (Å²) in [6, 6.07) is 0. The zero-order chi connectivity index (χ0) is 25.5. The smallest absolute Gasteiger partial charge is 0.333 e. The monoisotopic (exact) mass is 504 g/mol. The van der Waals surface area contributed by atoms with E-state index in [0.29, 0.717) is 12.8 Å². The summed E-state index contributed by atoms with van der Waals surface area (Å²) in [4.78, 5) is 59.5. The van der Waals surface area contributed by atoms with Gasteiger partial charge in [0, 0.05) is 12.2 Å². The van der Waals surface area contributed by atoms with E-state index in [1.807, 2.05) is 0 Å². The topological polar surface area (TPSA) is 164 Å². The average molecular weight is 505 g/mol. The molecular formula is C23H36O10S. The molecule has 1 fully saturated rings. The van der Waals surface area contributed by atoms with E-state index in [4.69, 9.17) is 19.7 Å². The van der Waals surface area contributed by atoms with Crippen LogP contribution in [0.15, 0.2) is 0 Å². The van der Waals surface area contributed by atoms with Gasteiger partial charge in [0.15, 0.2) is 18.0 Å². The zero-order valence-corrected chi connectivity index (χ0v) is 20.4. The third-order valence-corrected chi connectivity index (χ3v) is 6.73. The van der Waals surface area contributed by atoms with Gasteiger partial charge < -0.3 is 24.8 Å². The van der Waals surface area contributed by atoms with Gasteiger partial charge in [-0.2, -0.15) is 0 Å². The second kappa shape index (κ2) is 16.5. The molecule has 1 heterocycles. The molecule has 0 radical (unpaired) electrons. The van der Waals surface area contributed by atoms with Crippen molar-refractivity contribution in [3.8, 4) is 0 Å². The van der Waals surface area contributed by atoms with Crippen LogP contribution in [0.25, 0.3) is 0 Å². The first-order chi connectivity index (χ1) is 16.1. The van der Waals surface area contributed by atoms with Crippen molar-refractivity contribution in [2.24, 2.45) is 0 Å². The minimum Gasteiger partial charge on any atom is -0.481 e. The van der Waals surface area contributed by atoms with E-state index in [2.05, 4.69) is 0 Å². The summed E-state index contributed by atoms with van der Waals surface area (Å²) in [5, 5.41) is 26.2. The fourth-order valence-electron chi connectivity index (χ4n) is 3.49. The summed E-state index contributed by atoms with van der Waals surface area (Å²) in [6.45, 7) is 1.75. The summed E-state index contributed by atoms with van der Waals surface area (Å²) in [5.41, 5.74) is 0. The fraction of sp³-hybridized carbons (Fsp3) is 0.783. The van der Waals surface area contributed by atoms with Gasteiger partial charge in [0.05, 0.1) is 18.9 Å². The Labute approximate surface area is 203 Å². The van der Waals surface area contributed by atoms with Crippen LogP contribution in [0, 0.1) is 0 Å². The fourth-order valence-corrected chi connectivity index (χ4v) is 4.52. The maximum atomic E-state index is 13.0. The molecule has 0 aromatic carbocycles. The lowest BCUT2D eigenvalue weighted by molar-refractivity contribution is -0.157. The molecule has 0 aromatic heterocycles. The van der Waals surface area contributed by atoms with Gasteiger partial charge in [-0.25, -0.2) is 4.79 Å². The van der Waals surface area contributed by atoms with Crippen LogP contribution in [0.1, 0.15) is 84.0 Å². The molecule has 0 amide bonds. The van der Waals surface area contributed by atoms with Crippen LogP contribution in [-0.2, 0) is 33.4 Å². The molecule has 194 valence electrons. The van der Waals surface area contributed by atoms with Crippen LogP contribution in [0.4, 0.5) is 0 Å². The number of aliphatic hydroxyl groups excluding tert-OH is 1. The quantitative estimate of drug-likeness (QED) is 0.416. The zero-order valence-electron chi connectivity index (χ0n) is 19.6.